The van der Waals surface area contributed by atoms with E-state index < -0.39 is 11.9 Å². The number of hydrogen-bond acceptors (Lipinski definition) is 3. The number of hydrogen-bond donors (Lipinski definition) is 0. The Kier molecular flexibility index (Phi) is 7.08. The molecule has 36 heavy (non-hydrogen) atoms. The molecule has 0 saturated carbocycles. The van der Waals surface area contributed by atoms with Crippen molar-refractivity contribution in [3.8, 4) is 16.9 Å². The Labute approximate surface area is 213 Å². The molecule has 1 atom stereocenters. The number of rotatable bonds is 5. The molecule has 5 rings (SSSR count). The van der Waals surface area contributed by atoms with Crippen LogP contribution in [0.2, 0.25) is 5.02 Å². The minimum atomic E-state index is -4.60. The molecule has 0 N–H and O–H groups in total. The maximum Gasteiger partial charge on any atom is 0.435 e. The molecule has 0 spiro atoms. The summed E-state index contributed by atoms with van der Waals surface area (Å²) in [5, 5.41) is 4.09. The third-order valence-corrected chi connectivity index (χ3v) is 7.38. The van der Waals surface area contributed by atoms with Crippen LogP contribution in [0.25, 0.3) is 16.9 Å². The summed E-state index contributed by atoms with van der Waals surface area (Å²) >= 11 is 6.27. The number of alkyl halides is 3. The van der Waals surface area contributed by atoms with Crippen LogP contribution < -0.4 is 0 Å². The number of carbonyl (C=O) groups excluding carboxylic acids is 1. The second-order valence-electron chi connectivity index (χ2n) is 9.51. The summed E-state index contributed by atoms with van der Waals surface area (Å²) in [5.41, 5.74) is 0.640. The molecule has 0 radical (unpaired) electrons. The van der Waals surface area contributed by atoms with Gasteiger partial charge in [-0.25, -0.2) is 4.68 Å². The number of likely N-dealkylation sites (tertiary alicyclic amines) is 2. The Morgan fingerprint density at radius 1 is 0.972 bits per heavy atom. The molecule has 1 amide bonds. The number of para-hydroxylation sites is 1. The first kappa shape index (κ1) is 24.8. The fourth-order valence-corrected chi connectivity index (χ4v) is 5.43. The summed E-state index contributed by atoms with van der Waals surface area (Å²) in [6.45, 7) is 3.81. The number of aromatic nitrogens is 2. The fourth-order valence-electron chi connectivity index (χ4n) is 5.21. The standard InChI is InChI=1S/C27H28ClF3N4O/c28-22-8-2-3-9-23(22)35-24(17-25(32-35)27(29,30)31)19-10-12-20(13-11-19)26(36)34-16-6-7-21(34)18-33-14-4-1-5-15-33/h2-3,8-13,17,21H,1,4-7,14-16,18H2. The lowest BCUT2D eigenvalue weighted by molar-refractivity contribution is -0.141. The molecule has 2 fully saturated rings. The summed E-state index contributed by atoms with van der Waals surface area (Å²) in [5.74, 6) is -0.0309. The van der Waals surface area contributed by atoms with E-state index in [0.29, 0.717) is 16.8 Å². The zero-order valence-electron chi connectivity index (χ0n) is 19.8. The van der Waals surface area contributed by atoms with E-state index in [9.17, 15) is 18.0 Å². The quantitative estimate of drug-likeness (QED) is 0.399. The fraction of sp³-hybridized carbons (Fsp3) is 0.407. The molecule has 2 aromatic carbocycles. The first-order valence-corrected chi connectivity index (χ1v) is 12.7. The number of nitrogens with zero attached hydrogens (tertiary/aromatic N) is 4. The number of benzene rings is 2. The van der Waals surface area contributed by atoms with Crippen molar-refractivity contribution in [3.63, 3.8) is 0 Å². The second-order valence-corrected chi connectivity index (χ2v) is 9.92. The summed E-state index contributed by atoms with van der Waals surface area (Å²) in [6, 6.07) is 14.5. The molecular formula is C27H28ClF3N4O. The van der Waals surface area contributed by atoms with Gasteiger partial charge in [0.15, 0.2) is 5.69 Å². The predicted octanol–water partition coefficient (Wildman–Crippen LogP) is 6.30. The van der Waals surface area contributed by atoms with Crippen LogP contribution in [0.3, 0.4) is 0 Å². The molecule has 2 aliphatic rings. The summed E-state index contributed by atoms with van der Waals surface area (Å²) in [7, 11) is 0. The first-order valence-electron chi connectivity index (χ1n) is 12.4. The highest BCUT2D eigenvalue weighted by Crippen LogP contribution is 2.35. The van der Waals surface area contributed by atoms with E-state index in [0.717, 1.165) is 45.1 Å². The number of halogens is 4. The van der Waals surface area contributed by atoms with E-state index in [1.807, 2.05) is 4.90 Å². The Morgan fingerprint density at radius 2 is 1.69 bits per heavy atom. The molecule has 190 valence electrons. The maximum atomic E-state index is 13.5. The van der Waals surface area contributed by atoms with Crippen LogP contribution in [0.15, 0.2) is 54.6 Å². The van der Waals surface area contributed by atoms with Crippen molar-refractivity contribution in [2.75, 3.05) is 26.2 Å². The molecule has 0 bridgehead atoms. The molecular weight excluding hydrogens is 489 g/mol. The van der Waals surface area contributed by atoms with Gasteiger partial charge >= 0.3 is 6.18 Å². The first-order chi connectivity index (χ1) is 17.3. The molecule has 1 aromatic heterocycles. The molecule has 1 unspecified atom stereocenters. The maximum absolute atomic E-state index is 13.5. The van der Waals surface area contributed by atoms with E-state index in [2.05, 4.69) is 10.00 Å². The van der Waals surface area contributed by atoms with Crippen molar-refractivity contribution in [2.24, 2.45) is 0 Å². The van der Waals surface area contributed by atoms with Crippen molar-refractivity contribution in [3.05, 3.63) is 70.9 Å². The van der Waals surface area contributed by atoms with Crippen molar-refractivity contribution in [1.82, 2.24) is 19.6 Å². The average molecular weight is 517 g/mol. The molecule has 5 nitrogen and oxygen atoms in total. The minimum absolute atomic E-state index is 0.0309. The van der Waals surface area contributed by atoms with Gasteiger partial charge in [-0.2, -0.15) is 18.3 Å². The highest BCUT2D eigenvalue weighted by Gasteiger charge is 2.36. The number of amides is 1. The van der Waals surface area contributed by atoms with Gasteiger partial charge in [0.05, 0.1) is 16.4 Å². The lowest BCUT2D eigenvalue weighted by atomic mass is 10.1. The highest BCUT2D eigenvalue weighted by atomic mass is 35.5. The van der Waals surface area contributed by atoms with Gasteiger partial charge < -0.3 is 9.80 Å². The van der Waals surface area contributed by atoms with E-state index in [-0.39, 0.29) is 22.7 Å². The lowest BCUT2D eigenvalue weighted by Crippen LogP contribution is -2.44. The molecule has 3 heterocycles. The van der Waals surface area contributed by atoms with E-state index in [1.165, 1.54) is 23.9 Å². The Balaban J connectivity index is 1.40. The Bertz CT molecular complexity index is 1220. The van der Waals surface area contributed by atoms with Gasteiger partial charge in [0.25, 0.3) is 5.91 Å². The van der Waals surface area contributed by atoms with Crippen molar-refractivity contribution >= 4 is 17.5 Å². The van der Waals surface area contributed by atoms with Crippen LogP contribution in [0.5, 0.6) is 0 Å². The van der Waals surface area contributed by atoms with Gasteiger partial charge in [-0.15, -0.1) is 0 Å². The second kappa shape index (κ2) is 10.3. The van der Waals surface area contributed by atoms with Crippen molar-refractivity contribution < 1.29 is 18.0 Å². The van der Waals surface area contributed by atoms with Crippen LogP contribution in [0, 0.1) is 0 Å². The summed E-state index contributed by atoms with van der Waals surface area (Å²) in [4.78, 5) is 17.8. The molecule has 2 aliphatic heterocycles. The lowest BCUT2D eigenvalue weighted by Gasteiger charge is -2.33. The number of carbonyl (C=O) groups is 1. The van der Waals surface area contributed by atoms with Crippen LogP contribution in [0.1, 0.15) is 48.2 Å². The third-order valence-electron chi connectivity index (χ3n) is 7.06. The third kappa shape index (κ3) is 5.15. The van der Waals surface area contributed by atoms with Gasteiger partial charge in [-0.05, 0) is 69.1 Å². The van der Waals surface area contributed by atoms with Crippen LogP contribution >= 0.6 is 11.6 Å². The van der Waals surface area contributed by atoms with Crippen molar-refractivity contribution in [1.29, 1.82) is 0 Å². The van der Waals surface area contributed by atoms with Crippen LogP contribution in [-0.4, -0.2) is 57.7 Å². The summed E-state index contributed by atoms with van der Waals surface area (Å²) < 4.78 is 41.7. The van der Waals surface area contributed by atoms with Gasteiger partial charge in [0.1, 0.15) is 0 Å². The largest absolute Gasteiger partial charge is 0.435 e. The molecule has 9 heteroatoms. The van der Waals surface area contributed by atoms with Gasteiger partial charge in [0, 0.05) is 30.3 Å². The molecule has 0 aliphatic carbocycles. The van der Waals surface area contributed by atoms with Gasteiger partial charge in [-0.1, -0.05) is 42.3 Å². The predicted molar refractivity (Wildman–Crippen MR) is 133 cm³/mol. The monoisotopic (exact) mass is 516 g/mol. The zero-order chi connectivity index (χ0) is 25.3. The minimum Gasteiger partial charge on any atom is -0.334 e. The van der Waals surface area contributed by atoms with E-state index in [1.54, 1.807) is 48.5 Å². The summed E-state index contributed by atoms with van der Waals surface area (Å²) in [6.07, 6.45) is 1.08. The number of piperidine rings is 1. The van der Waals surface area contributed by atoms with E-state index >= 15 is 0 Å². The SMILES string of the molecule is O=C(c1ccc(-c2cc(C(F)(F)F)nn2-c2ccccc2Cl)cc1)N1CCCC1CN1CCCCC1. The average Bonchev–Trinajstić information content (AvgIpc) is 3.52. The topological polar surface area (TPSA) is 41.4 Å². The Hall–Kier alpha value is -2.84. The Morgan fingerprint density at radius 3 is 2.39 bits per heavy atom. The highest BCUT2D eigenvalue weighted by molar-refractivity contribution is 6.32. The molecule has 3 aromatic rings. The van der Waals surface area contributed by atoms with Gasteiger partial charge in [-0.3, -0.25) is 4.79 Å². The zero-order valence-corrected chi connectivity index (χ0v) is 20.6. The van der Waals surface area contributed by atoms with Gasteiger partial charge in [0.2, 0.25) is 0 Å². The smallest absolute Gasteiger partial charge is 0.334 e. The van der Waals surface area contributed by atoms with Crippen LogP contribution in [0.4, 0.5) is 13.2 Å². The normalized spacial score (nSPS) is 19.1. The van der Waals surface area contributed by atoms with Crippen LogP contribution in [-0.2, 0) is 6.18 Å². The van der Waals surface area contributed by atoms with Crippen molar-refractivity contribution in [2.45, 2.75) is 44.3 Å². The molecule has 2 saturated heterocycles. The van der Waals surface area contributed by atoms with E-state index in [4.69, 9.17) is 11.6 Å².